The van der Waals surface area contributed by atoms with Gasteiger partial charge in [-0.15, -0.1) is 0 Å². The lowest BCUT2D eigenvalue weighted by Crippen LogP contribution is -2.46. The number of aromatic carboxylic acids is 1. The van der Waals surface area contributed by atoms with Gasteiger partial charge in [0.05, 0.1) is 12.0 Å². The minimum Gasteiger partial charge on any atom is -0.545 e. The van der Waals surface area contributed by atoms with Gasteiger partial charge in [0.1, 0.15) is 5.82 Å². The number of fused-ring (bicyclic) bond motifs is 4. The highest BCUT2D eigenvalue weighted by Gasteiger charge is 2.47. The standard InChI is InChI=1S/C25H22FNO2/c26-17-9-7-14(8-10-17)23-20-6-2-5-19(20)22-12-16(25(28)29)11-21-18-4-1-3-15(18)13-27(23)24(21)22/h1-2,4-5,7-12,15,18-20,23H,3,6,13H2,(H,28,29)/p-1/t15-,18+,19+,20+,23+/m1/s1. The Hall–Kier alpha value is -2.88. The summed E-state index contributed by atoms with van der Waals surface area (Å²) in [6.45, 7) is 0.938. The molecule has 0 aromatic heterocycles. The molecule has 0 saturated heterocycles. The van der Waals surface area contributed by atoms with Gasteiger partial charge < -0.3 is 14.8 Å². The quantitative estimate of drug-likeness (QED) is 0.731. The second-order valence-corrected chi connectivity index (χ2v) is 8.74. The zero-order valence-corrected chi connectivity index (χ0v) is 15.9. The van der Waals surface area contributed by atoms with E-state index in [2.05, 4.69) is 29.2 Å². The van der Waals surface area contributed by atoms with Gasteiger partial charge >= 0.3 is 0 Å². The van der Waals surface area contributed by atoms with Crippen LogP contribution in [0.1, 0.15) is 57.8 Å². The number of carboxylic acids is 1. The average Bonchev–Trinajstić information content (AvgIpc) is 3.38. The first-order chi connectivity index (χ1) is 14.1. The molecular weight excluding hydrogens is 365 g/mol. The Morgan fingerprint density at radius 3 is 2.45 bits per heavy atom. The van der Waals surface area contributed by atoms with Gasteiger partial charge in [0, 0.05) is 24.1 Å². The summed E-state index contributed by atoms with van der Waals surface area (Å²) in [4.78, 5) is 14.2. The number of carboxylic acid groups (broad SMARTS) is 1. The maximum absolute atomic E-state index is 13.6. The van der Waals surface area contributed by atoms with Crippen LogP contribution in [0.4, 0.5) is 10.1 Å². The molecular formula is C25H21FNO2-. The van der Waals surface area contributed by atoms with Crippen LogP contribution in [0.2, 0.25) is 0 Å². The predicted molar refractivity (Wildman–Crippen MR) is 107 cm³/mol. The molecule has 0 N–H and O–H groups in total. The third-order valence-corrected chi connectivity index (χ3v) is 7.30. The summed E-state index contributed by atoms with van der Waals surface area (Å²) in [5.74, 6) is -0.126. The van der Waals surface area contributed by atoms with E-state index in [9.17, 15) is 14.3 Å². The molecule has 3 nitrogen and oxygen atoms in total. The Balaban J connectivity index is 1.59. The summed E-state index contributed by atoms with van der Waals surface area (Å²) < 4.78 is 13.6. The van der Waals surface area contributed by atoms with Crippen LogP contribution >= 0.6 is 0 Å². The maximum Gasteiger partial charge on any atom is 0.123 e. The molecule has 2 heterocycles. The molecule has 0 unspecified atom stereocenters. The van der Waals surface area contributed by atoms with Crippen molar-refractivity contribution < 1.29 is 14.3 Å². The van der Waals surface area contributed by atoms with Crippen molar-refractivity contribution in [1.29, 1.82) is 0 Å². The topological polar surface area (TPSA) is 43.4 Å². The van der Waals surface area contributed by atoms with Gasteiger partial charge in [-0.25, -0.2) is 4.39 Å². The second-order valence-electron chi connectivity index (χ2n) is 8.74. The molecule has 29 heavy (non-hydrogen) atoms. The van der Waals surface area contributed by atoms with E-state index < -0.39 is 5.97 Å². The van der Waals surface area contributed by atoms with Gasteiger partial charge in [0.15, 0.2) is 0 Å². The Morgan fingerprint density at radius 2 is 1.69 bits per heavy atom. The minimum atomic E-state index is -1.11. The summed E-state index contributed by atoms with van der Waals surface area (Å²) in [6.07, 6.45) is 10.8. The second kappa shape index (κ2) is 6.06. The van der Waals surface area contributed by atoms with Crippen LogP contribution in [-0.4, -0.2) is 12.5 Å². The third-order valence-electron chi connectivity index (χ3n) is 7.30. The molecule has 146 valence electrons. The van der Waals surface area contributed by atoms with E-state index in [1.165, 1.54) is 5.69 Å². The Morgan fingerprint density at radius 1 is 1.00 bits per heavy atom. The molecule has 0 amide bonds. The van der Waals surface area contributed by atoms with Crippen molar-refractivity contribution in [2.75, 3.05) is 11.4 Å². The number of anilines is 1. The zero-order valence-electron chi connectivity index (χ0n) is 15.9. The molecule has 2 aromatic carbocycles. The van der Waals surface area contributed by atoms with Crippen LogP contribution in [0, 0.1) is 17.7 Å². The number of halogens is 1. The molecule has 0 spiro atoms. The largest absolute Gasteiger partial charge is 0.545 e. The number of nitrogens with zero attached hydrogens (tertiary/aromatic N) is 1. The lowest BCUT2D eigenvalue weighted by atomic mass is 9.70. The summed E-state index contributed by atoms with van der Waals surface area (Å²) in [6, 6.07) is 10.7. The molecule has 2 aromatic rings. The zero-order chi connectivity index (χ0) is 19.7. The van der Waals surface area contributed by atoms with Crippen LogP contribution in [0.3, 0.4) is 0 Å². The van der Waals surface area contributed by atoms with E-state index in [4.69, 9.17) is 0 Å². The molecule has 0 saturated carbocycles. The molecule has 0 radical (unpaired) electrons. The predicted octanol–water partition coefficient (Wildman–Crippen LogP) is 4.08. The molecule has 5 atom stereocenters. The molecule has 2 aliphatic carbocycles. The fourth-order valence-electron chi connectivity index (χ4n) is 6.13. The number of hydrogen-bond donors (Lipinski definition) is 0. The number of allylic oxidation sites excluding steroid dienone is 4. The molecule has 0 fully saturated rings. The number of hydrogen-bond acceptors (Lipinski definition) is 3. The van der Waals surface area contributed by atoms with Crippen molar-refractivity contribution in [1.82, 2.24) is 0 Å². The summed E-state index contributed by atoms with van der Waals surface area (Å²) >= 11 is 0. The first kappa shape index (κ1) is 17.0. The normalized spacial score (nSPS) is 30.8. The monoisotopic (exact) mass is 386 g/mol. The summed E-state index contributed by atoms with van der Waals surface area (Å²) in [5, 5.41) is 11.8. The van der Waals surface area contributed by atoms with E-state index in [-0.39, 0.29) is 29.3 Å². The van der Waals surface area contributed by atoms with Gasteiger partial charge in [-0.05, 0) is 71.2 Å². The van der Waals surface area contributed by atoms with Crippen molar-refractivity contribution in [2.24, 2.45) is 11.8 Å². The van der Waals surface area contributed by atoms with Crippen LogP contribution in [0.25, 0.3) is 0 Å². The third kappa shape index (κ3) is 2.38. The average molecular weight is 386 g/mol. The maximum atomic E-state index is 13.6. The number of carbonyl (C=O) groups is 1. The van der Waals surface area contributed by atoms with Crippen molar-refractivity contribution >= 4 is 11.7 Å². The Bertz CT molecular complexity index is 1050. The molecule has 4 aliphatic rings. The van der Waals surface area contributed by atoms with Crippen molar-refractivity contribution in [3.05, 3.63) is 88.8 Å². The fraction of sp³-hybridized carbons (Fsp3) is 0.320. The Labute approximate surface area is 169 Å². The van der Waals surface area contributed by atoms with Crippen molar-refractivity contribution in [2.45, 2.75) is 30.7 Å². The number of benzene rings is 2. The van der Waals surface area contributed by atoms with Crippen molar-refractivity contribution in [3.63, 3.8) is 0 Å². The Kier molecular flexibility index (Phi) is 3.55. The van der Waals surface area contributed by atoms with Gasteiger partial charge in [-0.2, -0.15) is 0 Å². The van der Waals surface area contributed by atoms with Crippen LogP contribution < -0.4 is 10.0 Å². The minimum absolute atomic E-state index is 0.164. The lowest BCUT2D eigenvalue weighted by Gasteiger charge is -2.51. The molecule has 6 rings (SSSR count). The molecule has 0 bridgehead atoms. The smallest absolute Gasteiger partial charge is 0.123 e. The van der Waals surface area contributed by atoms with Crippen LogP contribution in [-0.2, 0) is 0 Å². The highest BCUT2D eigenvalue weighted by molar-refractivity contribution is 5.89. The summed E-state index contributed by atoms with van der Waals surface area (Å²) in [5.41, 5.74) is 4.81. The van der Waals surface area contributed by atoms with E-state index in [1.54, 1.807) is 12.1 Å². The van der Waals surface area contributed by atoms with E-state index in [1.807, 2.05) is 24.3 Å². The number of rotatable bonds is 2. The SMILES string of the molecule is O=C([O-])c1cc2c3c(c1)[C@H]1C=CC[C@@H]1[C@H](c1ccc(F)cc1)N3C[C@H]1CC=C[C@H]21. The van der Waals surface area contributed by atoms with Gasteiger partial charge in [0.25, 0.3) is 0 Å². The first-order valence-corrected chi connectivity index (χ1v) is 10.4. The van der Waals surface area contributed by atoms with Gasteiger partial charge in [0.2, 0.25) is 0 Å². The molecule has 4 heteroatoms. The van der Waals surface area contributed by atoms with Crippen LogP contribution in [0.5, 0.6) is 0 Å². The van der Waals surface area contributed by atoms with E-state index in [0.717, 1.165) is 36.1 Å². The summed E-state index contributed by atoms with van der Waals surface area (Å²) in [7, 11) is 0. The fourth-order valence-corrected chi connectivity index (χ4v) is 6.13. The number of carbonyl (C=O) groups excluding carboxylic acids is 1. The van der Waals surface area contributed by atoms with Crippen molar-refractivity contribution in [3.8, 4) is 0 Å². The molecule has 2 aliphatic heterocycles. The van der Waals surface area contributed by atoms with E-state index >= 15 is 0 Å². The lowest BCUT2D eigenvalue weighted by molar-refractivity contribution is -0.255. The highest BCUT2D eigenvalue weighted by atomic mass is 19.1. The highest BCUT2D eigenvalue weighted by Crippen LogP contribution is 2.58. The van der Waals surface area contributed by atoms with Gasteiger partial charge in [-0.1, -0.05) is 36.4 Å². The van der Waals surface area contributed by atoms with Gasteiger partial charge in [-0.3, -0.25) is 0 Å². The van der Waals surface area contributed by atoms with Crippen LogP contribution in [0.15, 0.2) is 60.7 Å². The first-order valence-electron chi connectivity index (χ1n) is 10.4. The van der Waals surface area contributed by atoms with E-state index in [0.29, 0.717) is 11.8 Å².